The summed E-state index contributed by atoms with van der Waals surface area (Å²) in [4.78, 5) is 25.4. The van der Waals surface area contributed by atoms with E-state index in [-0.39, 0.29) is 17.9 Å². The van der Waals surface area contributed by atoms with Crippen LogP contribution in [0, 0.1) is 0 Å². The summed E-state index contributed by atoms with van der Waals surface area (Å²) in [6.07, 6.45) is 4.67. The quantitative estimate of drug-likeness (QED) is 0.648. The minimum absolute atomic E-state index is 0.0446. The molecule has 2 amide bonds. The lowest BCUT2D eigenvalue weighted by molar-refractivity contribution is -0.125. The van der Waals surface area contributed by atoms with Gasteiger partial charge in [-0.15, -0.1) is 0 Å². The van der Waals surface area contributed by atoms with Crippen LogP contribution in [-0.2, 0) is 16.1 Å². The summed E-state index contributed by atoms with van der Waals surface area (Å²) < 4.78 is 0. The van der Waals surface area contributed by atoms with Crippen LogP contribution in [0.3, 0.4) is 0 Å². The Morgan fingerprint density at radius 2 is 2.47 bits per heavy atom. The molecule has 0 bridgehead atoms. The summed E-state index contributed by atoms with van der Waals surface area (Å²) in [6.45, 7) is 0.495. The Bertz CT molecular complexity index is 359. The standard InChI is InChI=1S/C10H13N3O2/c14-9-2-1-8(13-9)10(15)12-6-7-3-4-11-5-7/h3-5,8,11H,1-2,6H2,(H,12,15)(H,13,14)/t8-/m0/s1. The minimum atomic E-state index is -0.351. The molecule has 1 fully saturated rings. The van der Waals surface area contributed by atoms with Gasteiger partial charge in [0, 0.05) is 25.4 Å². The summed E-state index contributed by atoms with van der Waals surface area (Å²) in [5, 5.41) is 5.40. The lowest BCUT2D eigenvalue weighted by Crippen LogP contribution is -2.41. The Balaban J connectivity index is 1.80. The van der Waals surface area contributed by atoms with Crippen LogP contribution in [0.15, 0.2) is 18.5 Å². The van der Waals surface area contributed by atoms with E-state index in [9.17, 15) is 9.59 Å². The van der Waals surface area contributed by atoms with Crippen molar-refractivity contribution in [2.45, 2.75) is 25.4 Å². The van der Waals surface area contributed by atoms with E-state index in [4.69, 9.17) is 0 Å². The van der Waals surface area contributed by atoms with Gasteiger partial charge in [0.1, 0.15) is 6.04 Å². The molecule has 0 radical (unpaired) electrons. The van der Waals surface area contributed by atoms with Crippen molar-refractivity contribution in [2.24, 2.45) is 0 Å². The summed E-state index contributed by atoms with van der Waals surface area (Å²) in [5.74, 6) is -0.154. The topological polar surface area (TPSA) is 74.0 Å². The van der Waals surface area contributed by atoms with Gasteiger partial charge < -0.3 is 15.6 Å². The van der Waals surface area contributed by atoms with Crippen LogP contribution in [0.25, 0.3) is 0 Å². The van der Waals surface area contributed by atoms with Gasteiger partial charge in [0.15, 0.2) is 0 Å². The van der Waals surface area contributed by atoms with Gasteiger partial charge in [-0.1, -0.05) is 0 Å². The zero-order valence-electron chi connectivity index (χ0n) is 8.25. The molecule has 1 saturated heterocycles. The van der Waals surface area contributed by atoms with E-state index in [0.29, 0.717) is 19.4 Å². The fraction of sp³-hybridized carbons (Fsp3) is 0.400. The summed E-state index contributed by atoms with van der Waals surface area (Å²) >= 11 is 0. The van der Waals surface area contributed by atoms with Crippen LogP contribution >= 0.6 is 0 Å². The number of hydrogen-bond acceptors (Lipinski definition) is 2. The number of H-pyrrole nitrogens is 1. The summed E-state index contributed by atoms with van der Waals surface area (Å²) in [5.41, 5.74) is 1.02. The second kappa shape index (κ2) is 4.16. The van der Waals surface area contributed by atoms with Crippen molar-refractivity contribution in [1.82, 2.24) is 15.6 Å². The first-order valence-electron chi connectivity index (χ1n) is 4.94. The lowest BCUT2D eigenvalue weighted by Gasteiger charge is -2.09. The van der Waals surface area contributed by atoms with Gasteiger partial charge in [-0.3, -0.25) is 9.59 Å². The van der Waals surface area contributed by atoms with E-state index in [2.05, 4.69) is 15.6 Å². The van der Waals surface area contributed by atoms with E-state index in [1.807, 2.05) is 12.3 Å². The van der Waals surface area contributed by atoms with Crippen molar-refractivity contribution in [2.75, 3.05) is 0 Å². The average Bonchev–Trinajstić information content (AvgIpc) is 2.84. The number of nitrogens with one attached hydrogen (secondary N) is 3. The van der Waals surface area contributed by atoms with Crippen LogP contribution < -0.4 is 10.6 Å². The molecule has 0 spiro atoms. The van der Waals surface area contributed by atoms with Crippen LogP contribution in [0.5, 0.6) is 0 Å². The fourth-order valence-electron chi connectivity index (χ4n) is 1.59. The molecule has 1 aliphatic rings. The zero-order chi connectivity index (χ0) is 10.7. The smallest absolute Gasteiger partial charge is 0.242 e. The summed E-state index contributed by atoms with van der Waals surface area (Å²) in [7, 11) is 0. The van der Waals surface area contributed by atoms with E-state index >= 15 is 0 Å². The Morgan fingerprint density at radius 1 is 1.60 bits per heavy atom. The molecule has 3 N–H and O–H groups in total. The van der Waals surface area contributed by atoms with E-state index in [1.54, 1.807) is 6.20 Å². The largest absolute Gasteiger partial charge is 0.367 e. The van der Waals surface area contributed by atoms with E-state index in [0.717, 1.165) is 5.56 Å². The number of aromatic nitrogens is 1. The Kier molecular flexibility index (Phi) is 2.71. The molecule has 2 heterocycles. The van der Waals surface area contributed by atoms with Gasteiger partial charge >= 0.3 is 0 Å². The SMILES string of the molecule is O=C1CC[C@@H](C(=O)NCc2cc[nH]c2)N1. The molecule has 0 aliphatic carbocycles. The molecule has 5 nitrogen and oxygen atoms in total. The fourth-order valence-corrected chi connectivity index (χ4v) is 1.59. The maximum Gasteiger partial charge on any atom is 0.242 e. The molecular formula is C10H13N3O2. The van der Waals surface area contributed by atoms with Crippen molar-refractivity contribution in [1.29, 1.82) is 0 Å². The number of rotatable bonds is 3. The maximum absolute atomic E-state index is 11.6. The Morgan fingerprint density at radius 3 is 3.07 bits per heavy atom. The molecule has 80 valence electrons. The second-order valence-electron chi connectivity index (χ2n) is 3.60. The number of carbonyl (C=O) groups is 2. The van der Waals surface area contributed by atoms with Gasteiger partial charge in [0.2, 0.25) is 11.8 Å². The molecule has 0 saturated carbocycles. The Hall–Kier alpha value is -1.78. The summed E-state index contributed by atoms with van der Waals surface area (Å²) in [6, 6.07) is 1.55. The minimum Gasteiger partial charge on any atom is -0.367 e. The predicted molar refractivity (Wildman–Crippen MR) is 53.8 cm³/mol. The van der Waals surface area contributed by atoms with Gasteiger partial charge in [-0.2, -0.15) is 0 Å². The molecule has 1 atom stereocenters. The van der Waals surface area contributed by atoms with Crippen LogP contribution in [-0.4, -0.2) is 22.8 Å². The third-order valence-electron chi connectivity index (χ3n) is 2.44. The molecule has 0 aromatic carbocycles. The maximum atomic E-state index is 11.6. The first-order chi connectivity index (χ1) is 7.25. The number of carbonyl (C=O) groups excluding carboxylic acids is 2. The van der Waals surface area contributed by atoms with E-state index < -0.39 is 0 Å². The van der Waals surface area contributed by atoms with Crippen LogP contribution in [0.4, 0.5) is 0 Å². The molecule has 1 aliphatic heterocycles. The second-order valence-corrected chi connectivity index (χ2v) is 3.60. The molecule has 15 heavy (non-hydrogen) atoms. The first kappa shape index (κ1) is 9.76. The molecule has 1 aromatic rings. The first-order valence-corrected chi connectivity index (χ1v) is 4.94. The molecule has 1 aromatic heterocycles. The molecular weight excluding hydrogens is 194 g/mol. The molecule has 5 heteroatoms. The highest BCUT2D eigenvalue weighted by Crippen LogP contribution is 2.06. The highest BCUT2D eigenvalue weighted by Gasteiger charge is 2.26. The number of hydrogen-bond donors (Lipinski definition) is 3. The molecule has 0 unspecified atom stereocenters. The highest BCUT2D eigenvalue weighted by atomic mass is 16.2. The normalized spacial score (nSPS) is 20.0. The van der Waals surface area contributed by atoms with Gasteiger partial charge in [-0.25, -0.2) is 0 Å². The highest BCUT2D eigenvalue weighted by molar-refractivity contribution is 5.90. The van der Waals surface area contributed by atoms with E-state index in [1.165, 1.54) is 0 Å². The lowest BCUT2D eigenvalue weighted by atomic mass is 10.2. The van der Waals surface area contributed by atoms with Crippen LogP contribution in [0.2, 0.25) is 0 Å². The number of aromatic amines is 1. The molecule has 2 rings (SSSR count). The third-order valence-corrected chi connectivity index (χ3v) is 2.44. The van der Waals surface area contributed by atoms with Crippen molar-refractivity contribution >= 4 is 11.8 Å². The monoisotopic (exact) mass is 207 g/mol. The van der Waals surface area contributed by atoms with Crippen molar-refractivity contribution in [3.63, 3.8) is 0 Å². The van der Waals surface area contributed by atoms with Gasteiger partial charge in [0.05, 0.1) is 0 Å². The predicted octanol–water partition coefficient (Wildman–Crippen LogP) is -0.0905. The third kappa shape index (κ3) is 2.37. The number of amides is 2. The van der Waals surface area contributed by atoms with Crippen LogP contribution in [0.1, 0.15) is 18.4 Å². The Labute approximate surface area is 87.2 Å². The van der Waals surface area contributed by atoms with Gasteiger partial charge in [-0.05, 0) is 18.1 Å². The average molecular weight is 207 g/mol. The van der Waals surface area contributed by atoms with Gasteiger partial charge in [0.25, 0.3) is 0 Å². The van der Waals surface area contributed by atoms with Crippen molar-refractivity contribution in [3.05, 3.63) is 24.0 Å². The zero-order valence-corrected chi connectivity index (χ0v) is 8.25. The van der Waals surface area contributed by atoms with Crippen molar-refractivity contribution in [3.8, 4) is 0 Å². The van der Waals surface area contributed by atoms with Crippen molar-refractivity contribution < 1.29 is 9.59 Å².